The maximum absolute atomic E-state index is 13.7. The summed E-state index contributed by atoms with van der Waals surface area (Å²) in [7, 11) is -4.09. The zero-order valence-electron chi connectivity index (χ0n) is 21.8. The minimum atomic E-state index is -4.09. The molecule has 2 aliphatic rings. The van der Waals surface area contributed by atoms with Gasteiger partial charge in [0.25, 0.3) is 5.91 Å². The van der Waals surface area contributed by atoms with Crippen molar-refractivity contribution in [2.45, 2.75) is 61.4 Å². The van der Waals surface area contributed by atoms with Gasteiger partial charge in [-0.3, -0.25) is 9.59 Å². The Kier molecular flexibility index (Phi) is 8.56. The number of nitrogens with zero attached hydrogens (tertiary/aromatic N) is 1. The van der Waals surface area contributed by atoms with Crippen molar-refractivity contribution >= 4 is 38.9 Å². The molecule has 2 unspecified atom stereocenters. The predicted molar refractivity (Wildman–Crippen MR) is 141 cm³/mol. The van der Waals surface area contributed by atoms with Gasteiger partial charge in [-0.1, -0.05) is 11.6 Å². The second-order valence-corrected chi connectivity index (χ2v) is 13.3. The lowest BCUT2D eigenvalue weighted by Gasteiger charge is -2.45. The molecule has 0 aliphatic heterocycles. The second kappa shape index (κ2) is 11.3. The van der Waals surface area contributed by atoms with Crippen molar-refractivity contribution < 1.29 is 41.4 Å². The number of rotatable bonds is 8. The largest absolute Gasteiger partial charge is 0.392 e. The quantitative estimate of drug-likeness (QED) is 0.394. The Bertz CT molecular complexity index is 1400. The van der Waals surface area contributed by atoms with Crippen molar-refractivity contribution in [3.63, 3.8) is 0 Å². The zero-order chi connectivity index (χ0) is 29.6. The highest BCUT2D eigenvalue weighted by Gasteiger charge is 2.56. The smallest absolute Gasteiger partial charge is 0.255 e. The molecule has 0 radical (unpaired) electrons. The Balaban J connectivity index is 1.56. The first-order valence-electron chi connectivity index (χ1n) is 12.8. The lowest BCUT2D eigenvalue weighted by Crippen LogP contribution is -2.56. The van der Waals surface area contributed by atoms with Gasteiger partial charge in [0.2, 0.25) is 5.91 Å². The lowest BCUT2D eigenvalue weighted by molar-refractivity contribution is -0.139. The predicted octanol–water partition coefficient (Wildman–Crippen LogP) is 3.93. The van der Waals surface area contributed by atoms with Gasteiger partial charge < -0.3 is 20.4 Å². The number of nitrogens with one attached hydrogen (secondary N) is 1. The summed E-state index contributed by atoms with van der Waals surface area (Å²) >= 11 is 6.25. The Labute approximate surface area is 235 Å². The number of amides is 2. The maximum Gasteiger partial charge on any atom is 0.255 e. The fourth-order valence-corrected chi connectivity index (χ4v) is 8.33. The highest BCUT2D eigenvalue weighted by atomic mass is 35.5. The number of hydrogen-bond acceptors (Lipinski definition) is 6. The number of anilines is 1. The summed E-state index contributed by atoms with van der Waals surface area (Å²) in [5.74, 6) is -6.73. The first kappa shape index (κ1) is 30.3. The van der Waals surface area contributed by atoms with Crippen molar-refractivity contribution in [1.29, 1.82) is 0 Å². The second-order valence-electron chi connectivity index (χ2n) is 10.7. The molecule has 40 heavy (non-hydrogen) atoms. The van der Waals surface area contributed by atoms with Crippen molar-refractivity contribution in [2.75, 3.05) is 18.4 Å². The van der Waals surface area contributed by atoms with Crippen LogP contribution in [0.25, 0.3) is 0 Å². The summed E-state index contributed by atoms with van der Waals surface area (Å²) < 4.78 is 67.8. The molecule has 2 aliphatic carbocycles. The Morgan fingerprint density at radius 1 is 1.12 bits per heavy atom. The summed E-state index contributed by atoms with van der Waals surface area (Å²) in [6.45, 7) is 2.90. The number of hydrogen-bond donors (Lipinski definition) is 3. The first-order chi connectivity index (χ1) is 18.6. The molecule has 218 valence electrons. The van der Waals surface area contributed by atoms with Crippen LogP contribution in [0.5, 0.6) is 0 Å². The summed E-state index contributed by atoms with van der Waals surface area (Å²) in [4.78, 5) is 26.0. The molecule has 3 atom stereocenters. The molecule has 2 aromatic carbocycles. The minimum absolute atomic E-state index is 0.0175. The molecule has 2 fully saturated rings. The third-order valence-electron chi connectivity index (χ3n) is 7.93. The van der Waals surface area contributed by atoms with E-state index in [-0.39, 0.29) is 53.0 Å². The normalized spacial score (nSPS) is 24.9. The van der Waals surface area contributed by atoms with Crippen LogP contribution in [0.1, 0.15) is 49.9 Å². The van der Waals surface area contributed by atoms with Crippen LogP contribution in [0.15, 0.2) is 35.2 Å². The SMILES string of the molecule is CC(=O)N(C[C@@H](C)O)C[C@]1(O)C2CCC1C[C@@H](S(=O)(=O)c1cc(C(=O)Nc3cc(F)c(F)c(F)c3)ccc1Cl)C2. The lowest BCUT2D eigenvalue weighted by atomic mass is 9.74. The van der Waals surface area contributed by atoms with Crippen LogP contribution in [-0.4, -0.2) is 65.4 Å². The topological polar surface area (TPSA) is 124 Å². The van der Waals surface area contributed by atoms with Crippen LogP contribution in [-0.2, 0) is 14.6 Å². The van der Waals surface area contributed by atoms with E-state index in [4.69, 9.17) is 11.6 Å². The summed E-state index contributed by atoms with van der Waals surface area (Å²) in [6.07, 6.45) is 0.547. The number of fused-ring (bicyclic) bond motifs is 2. The van der Waals surface area contributed by atoms with E-state index in [1.165, 1.54) is 30.9 Å². The monoisotopic (exact) mass is 602 g/mol. The molecule has 0 saturated heterocycles. The van der Waals surface area contributed by atoms with Gasteiger partial charge in [0, 0.05) is 36.9 Å². The van der Waals surface area contributed by atoms with E-state index in [0.717, 1.165) is 6.07 Å². The summed E-state index contributed by atoms with van der Waals surface area (Å²) in [5, 5.41) is 22.5. The van der Waals surface area contributed by atoms with Crippen molar-refractivity contribution in [1.82, 2.24) is 4.90 Å². The summed E-state index contributed by atoms with van der Waals surface area (Å²) in [6, 6.07) is 4.74. The van der Waals surface area contributed by atoms with E-state index in [2.05, 4.69) is 5.32 Å². The number of benzene rings is 2. The van der Waals surface area contributed by atoms with Crippen LogP contribution in [0.2, 0.25) is 5.02 Å². The van der Waals surface area contributed by atoms with Crippen molar-refractivity contribution in [2.24, 2.45) is 11.8 Å². The Morgan fingerprint density at radius 2 is 1.70 bits per heavy atom. The van der Waals surface area contributed by atoms with Gasteiger partial charge in [0.05, 0.1) is 33.4 Å². The number of halogens is 4. The van der Waals surface area contributed by atoms with Gasteiger partial charge in [-0.05, 0) is 62.6 Å². The van der Waals surface area contributed by atoms with Crippen molar-refractivity contribution in [3.8, 4) is 0 Å². The fourth-order valence-electron chi connectivity index (χ4n) is 5.92. The number of aliphatic hydroxyl groups is 2. The summed E-state index contributed by atoms with van der Waals surface area (Å²) in [5.41, 5.74) is -1.82. The molecule has 2 amide bonds. The number of carbonyl (C=O) groups excluding carboxylic acids is 2. The van der Waals surface area contributed by atoms with Crippen LogP contribution in [0.3, 0.4) is 0 Å². The van der Waals surface area contributed by atoms with Gasteiger partial charge >= 0.3 is 0 Å². The Hall–Kier alpha value is -2.67. The van der Waals surface area contributed by atoms with Crippen LogP contribution in [0, 0.1) is 29.3 Å². The van der Waals surface area contributed by atoms with Gasteiger partial charge in [0.1, 0.15) is 0 Å². The molecular formula is C27H30ClF3N2O6S. The highest BCUT2D eigenvalue weighted by Crippen LogP contribution is 2.52. The van der Waals surface area contributed by atoms with Crippen LogP contribution in [0.4, 0.5) is 18.9 Å². The Morgan fingerprint density at radius 3 is 2.23 bits per heavy atom. The molecule has 8 nitrogen and oxygen atoms in total. The van der Waals surface area contributed by atoms with Gasteiger partial charge in [0.15, 0.2) is 27.3 Å². The number of aliphatic hydroxyl groups excluding tert-OH is 1. The molecule has 13 heteroatoms. The first-order valence-corrected chi connectivity index (χ1v) is 14.7. The molecule has 0 spiro atoms. The van der Waals surface area contributed by atoms with E-state index in [1.54, 1.807) is 0 Å². The minimum Gasteiger partial charge on any atom is -0.392 e. The van der Waals surface area contributed by atoms with Gasteiger partial charge in [-0.15, -0.1) is 0 Å². The van der Waals surface area contributed by atoms with E-state index >= 15 is 0 Å². The van der Waals surface area contributed by atoms with E-state index in [0.29, 0.717) is 25.0 Å². The molecule has 3 N–H and O–H groups in total. The van der Waals surface area contributed by atoms with Crippen molar-refractivity contribution in [3.05, 3.63) is 58.4 Å². The highest BCUT2D eigenvalue weighted by molar-refractivity contribution is 7.92. The van der Waals surface area contributed by atoms with E-state index in [9.17, 15) is 41.4 Å². The average Bonchev–Trinajstić information content (AvgIpc) is 3.02. The fraction of sp³-hybridized carbons (Fsp3) is 0.481. The van der Waals surface area contributed by atoms with E-state index in [1.807, 2.05) is 0 Å². The van der Waals surface area contributed by atoms with E-state index < -0.39 is 62.0 Å². The molecule has 4 rings (SSSR count). The van der Waals surface area contributed by atoms with Crippen LogP contribution < -0.4 is 5.32 Å². The molecular weight excluding hydrogens is 573 g/mol. The standard InChI is InChI=1S/C27H30ClF3N2O6S/c1-14(34)12-33(15(2)35)13-27(37)17-4-5-18(27)9-20(8-17)40(38,39)24-7-16(3-6-21(24)28)26(36)32-19-10-22(29)25(31)23(30)11-19/h3,6-7,10-11,14,17-18,20,34,37H,4-5,8-9,12-13H2,1-2H3,(H,32,36)/t14-,17?,18?,20-,27-/m1/s1. The third kappa shape index (κ3) is 5.86. The average molecular weight is 603 g/mol. The number of sulfone groups is 1. The third-order valence-corrected chi connectivity index (χ3v) is 10.6. The molecule has 0 heterocycles. The molecule has 0 aromatic heterocycles. The van der Waals surface area contributed by atoms with Gasteiger partial charge in [-0.2, -0.15) is 0 Å². The number of carbonyl (C=O) groups is 2. The zero-order valence-corrected chi connectivity index (χ0v) is 23.4. The van der Waals surface area contributed by atoms with Crippen LogP contribution >= 0.6 is 11.6 Å². The molecule has 2 aromatic rings. The molecule has 2 bridgehead atoms. The maximum atomic E-state index is 13.7. The molecule has 2 saturated carbocycles. The van der Waals surface area contributed by atoms with Gasteiger partial charge in [-0.25, -0.2) is 21.6 Å².